The first-order valence-electron chi connectivity index (χ1n) is 3.68. The zero-order chi connectivity index (χ0) is 10.1. The van der Waals surface area contributed by atoms with Gasteiger partial charge in [-0.2, -0.15) is 18.3 Å². The highest BCUT2D eigenvalue weighted by Gasteiger charge is 2.36. The normalized spacial score (nSPS) is 12.1. The fourth-order valence-corrected chi connectivity index (χ4v) is 1.16. The minimum atomic E-state index is -4.41. The second-order valence-corrected chi connectivity index (χ2v) is 2.76. The lowest BCUT2D eigenvalue weighted by atomic mass is 10.3. The number of aromatic nitrogens is 2. The van der Waals surface area contributed by atoms with Gasteiger partial charge in [0.2, 0.25) is 0 Å². The zero-order valence-electron chi connectivity index (χ0n) is 6.90. The van der Waals surface area contributed by atoms with Gasteiger partial charge in [0.1, 0.15) is 0 Å². The van der Waals surface area contributed by atoms with E-state index in [2.05, 4.69) is 5.10 Å². The minimum absolute atomic E-state index is 0.0241. The van der Waals surface area contributed by atoms with Crippen molar-refractivity contribution in [2.24, 2.45) is 0 Å². The predicted octanol–water partition coefficient (Wildman–Crippen LogP) is 2.66. The summed E-state index contributed by atoms with van der Waals surface area (Å²) < 4.78 is 38.0. The maximum atomic E-state index is 12.3. The number of nitrogens with zero attached hydrogens (tertiary/aromatic N) is 2. The largest absolute Gasteiger partial charge is 0.435 e. The van der Waals surface area contributed by atoms with Gasteiger partial charge in [-0.15, -0.1) is 11.6 Å². The fourth-order valence-electron chi connectivity index (χ4n) is 0.961. The second kappa shape index (κ2) is 3.57. The van der Waals surface area contributed by atoms with Gasteiger partial charge < -0.3 is 0 Å². The van der Waals surface area contributed by atoms with E-state index in [-0.39, 0.29) is 11.4 Å². The molecule has 0 fully saturated rings. The van der Waals surface area contributed by atoms with Gasteiger partial charge in [-0.3, -0.25) is 4.68 Å². The highest BCUT2D eigenvalue weighted by atomic mass is 35.5. The molecule has 6 heteroatoms. The molecule has 74 valence electrons. The summed E-state index contributed by atoms with van der Waals surface area (Å²) in [5, 5.41) is 3.38. The van der Waals surface area contributed by atoms with Gasteiger partial charge in [0.05, 0.1) is 5.88 Å². The average Bonchev–Trinajstić information content (AvgIpc) is 2.46. The molecule has 0 unspecified atom stereocenters. The third-order valence-corrected chi connectivity index (χ3v) is 1.86. The number of alkyl halides is 4. The van der Waals surface area contributed by atoms with Crippen LogP contribution in [0.4, 0.5) is 13.2 Å². The number of rotatable bonds is 2. The van der Waals surface area contributed by atoms with E-state index in [1.807, 2.05) is 0 Å². The molecule has 0 atom stereocenters. The summed E-state index contributed by atoms with van der Waals surface area (Å²) >= 11 is 5.36. The van der Waals surface area contributed by atoms with Crippen LogP contribution >= 0.6 is 11.6 Å². The van der Waals surface area contributed by atoms with Gasteiger partial charge in [0.25, 0.3) is 0 Å². The lowest BCUT2D eigenvalue weighted by molar-refractivity contribution is -0.142. The highest BCUT2D eigenvalue weighted by Crippen LogP contribution is 2.31. The Morgan fingerprint density at radius 1 is 1.54 bits per heavy atom. The van der Waals surface area contributed by atoms with Gasteiger partial charge in [-0.25, -0.2) is 0 Å². The van der Waals surface area contributed by atoms with Crippen LogP contribution in [0.5, 0.6) is 0 Å². The molecule has 1 heterocycles. The monoisotopic (exact) mass is 212 g/mol. The van der Waals surface area contributed by atoms with Crippen LogP contribution in [-0.2, 0) is 18.6 Å². The maximum absolute atomic E-state index is 12.3. The summed E-state index contributed by atoms with van der Waals surface area (Å²) in [6, 6.07) is 0. The first kappa shape index (κ1) is 10.4. The summed E-state index contributed by atoms with van der Waals surface area (Å²) in [5.74, 6) is -0.172. The second-order valence-electron chi connectivity index (χ2n) is 2.49. The van der Waals surface area contributed by atoms with Crippen LogP contribution in [-0.4, -0.2) is 9.78 Å². The standard InChI is InChI=1S/C7H8ClF3N2/c1-2-13-4-5(3-8)6(12-13)7(9,10)11/h4H,2-3H2,1H3. The summed E-state index contributed by atoms with van der Waals surface area (Å²) in [7, 11) is 0. The molecular formula is C7H8ClF3N2. The first-order chi connectivity index (χ1) is 5.99. The average molecular weight is 213 g/mol. The van der Waals surface area contributed by atoms with E-state index >= 15 is 0 Å². The number of halogens is 4. The maximum Gasteiger partial charge on any atom is 0.435 e. The van der Waals surface area contributed by atoms with Crippen LogP contribution in [0.15, 0.2) is 6.20 Å². The van der Waals surface area contributed by atoms with Crippen LogP contribution in [0.3, 0.4) is 0 Å². The molecule has 0 spiro atoms. The van der Waals surface area contributed by atoms with E-state index in [9.17, 15) is 13.2 Å². The Kier molecular flexibility index (Phi) is 2.85. The van der Waals surface area contributed by atoms with Gasteiger partial charge in [0.15, 0.2) is 5.69 Å². The number of aryl methyl sites for hydroxylation is 1. The van der Waals surface area contributed by atoms with E-state index in [1.54, 1.807) is 6.92 Å². The predicted molar refractivity (Wildman–Crippen MR) is 42.5 cm³/mol. The Bertz CT molecular complexity index is 292. The van der Waals surface area contributed by atoms with Crippen molar-refractivity contribution in [3.8, 4) is 0 Å². The van der Waals surface area contributed by atoms with Gasteiger partial charge >= 0.3 is 6.18 Å². The smallest absolute Gasteiger partial charge is 0.272 e. The van der Waals surface area contributed by atoms with E-state index in [0.717, 1.165) is 0 Å². The minimum Gasteiger partial charge on any atom is -0.272 e. The molecule has 2 nitrogen and oxygen atoms in total. The molecule has 0 saturated carbocycles. The number of hydrogen-bond acceptors (Lipinski definition) is 1. The van der Waals surface area contributed by atoms with Crippen LogP contribution < -0.4 is 0 Å². The van der Waals surface area contributed by atoms with E-state index < -0.39 is 11.9 Å². The van der Waals surface area contributed by atoms with Gasteiger partial charge in [-0.05, 0) is 6.92 Å². The molecule has 0 bridgehead atoms. The van der Waals surface area contributed by atoms with Crippen molar-refractivity contribution in [3.05, 3.63) is 17.5 Å². The zero-order valence-corrected chi connectivity index (χ0v) is 7.65. The molecular weight excluding hydrogens is 205 g/mol. The molecule has 0 aliphatic rings. The summed E-state index contributed by atoms with van der Waals surface area (Å²) in [5.41, 5.74) is -0.861. The molecule has 1 aromatic rings. The molecule has 0 aromatic carbocycles. The molecule has 1 aromatic heterocycles. The van der Waals surface area contributed by atoms with Crippen molar-refractivity contribution in [2.75, 3.05) is 0 Å². The Morgan fingerprint density at radius 2 is 2.15 bits per heavy atom. The fraction of sp³-hybridized carbons (Fsp3) is 0.571. The van der Waals surface area contributed by atoms with Gasteiger partial charge in [0, 0.05) is 18.3 Å². The highest BCUT2D eigenvalue weighted by molar-refractivity contribution is 6.17. The lowest BCUT2D eigenvalue weighted by Gasteiger charge is -2.02. The van der Waals surface area contributed by atoms with Crippen molar-refractivity contribution in [1.82, 2.24) is 9.78 Å². The molecule has 0 aliphatic heterocycles. The van der Waals surface area contributed by atoms with Crippen LogP contribution in [0.1, 0.15) is 18.2 Å². The van der Waals surface area contributed by atoms with Crippen molar-refractivity contribution in [3.63, 3.8) is 0 Å². The van der Waals surface area contributed by atoms with Crippen molar-refractivity contribution < 1.29 is 13.2 Å². The molecule has 0 amide bonds. The van der Waals surface area contributed by atoms with Crippen molar-refractivity contribution in [1.29, 1.82) is 0 Å². The van der Waals surface area contributed by atoms with E-state index in [0.29, 0.717) is 6.54 Å². The lowest BCUT2D eigenvalue weighted by Crippen LogP contribution is -2.09. The molecule has 0 N–H and O–H groups in total. The van der Waals surface area contributed by atoms with Crippen molar-refractivity contribution >= 4 is 11.6 Å². The Balaban J connectivity index is 3.11. The van der Waals surface area contributed by atoms with Crippen LogP contribution in [0.2, 0.25) is 0 Å². The summed E-state index contributed by atoms with van der Waals surface area (Å²) in [6.45, 7) is 2.12. The quantitative estimate of drug-likeness (QED) is 0.690. The number of hydrogen-bond donors (Lipinski definition) is 0. The third kappa shape index (κ3) is 2.15. The first-order valence-corrected chi connectivity index (χ1v) is 4.22. The van der Waals surface area contributed by atoms with E-state index in [4.69, 9.17) is 11.6 Å². The Labute approximate surface area is 78.3 Å². The topological polar surface area (TPSA) is 17.8 Å². The van der Waals surface area contributed by atoms with Crippen molar-refractivity contribution in [2.45, 2.75) is 25.5 Å². The van der Waals surface area contributed by atoms with Crippen LogP contribution in [0, 0.1) is 0 Å². The molecule has 13 heavy (non-hydrogen) atoms. The SMILES string of the molecule is CCn1cc(CCl)c(C(F)(F)F)n1. The molecule has 1 rings (SSSR count). The summed E-state index contributed by atoms with van der Waals surface area (Å²) in [4.78, 5) is 0. The third-order valence-electron chi connectivity index (χ3n) is 1.57. The molecule has 0 saturated heterocycles. The van der Waals surface area contributed by atoms with Crippen LogP contribution in [0.25, 0.3) is 0 Å². The van der Waals surface area contributed by atoms with Gasteiger partial charge in [-0.1, -0.05) is 0 Å². The Hall–Kier alpha value is -0.710. The summed E-state index contributed by atoms with van der Waals surface area (Å²) in [6.07, 6.45) is -3.10. The van der Waals surface area contributed by atoms with E-state index in [1.165, 1.54) is 10.9 Å². The Morgan fingerprint density at radius 3 is 2.46 bits per heavy atom. The molecule has 0 radical (unpaired) electrons. The molecule has 0 aliphatic carbocycles.